The van der Waals surface area contributed by atoms with Gasteiger partial charge in [0.05, 0.1) is 22.3 Å². The number of carbonyl (C=O) groups is 2. The molecule has 1 aromatic carbocycles. The maximum absolute atomic E-state index is 12.1. The molecule has 1 saturated heterocycles. The van der Waals surface area contributed by atoms with E-state index >= 15 is 0 Å². The minimum atomic E-state index is -1.01. The molecule has 0 aliphatic carbocycles. The average molecular weight is 294 g/mol. The Labute approximate surface area is 120 Å². The van der Waals surface area contributed by atoms with Crippen LogP contribution in [0.1, 0.15) is 18.4 Å². The van der Waals surface area contributed by atoms with E-state index in [4.69, 9.17) is 22.0 Å². The van der Waals surface area contributed by atoms with E-state index in [0.717, 1.165) is 0 Å². The number of carboxylic acid groups (broad SMARTS) is 1. The zero-order valence-corrected chi connectivity index (χ0v) is 11.2. The van der Waals surface area contributed by atoms with Crippen LogP contribution < -0.4 is 5.32 Å². The number of benzene rings is 1. The quantitative estimate of drug-likeness (QED) is 0.875. The molecule has 1 heterocycles. The van der Waals surface area contributed by atoms with Crippen molar-refractivity contribution >= 4 is 29.3 Å². The smallest absolute Gasteiger partial charge is 0.326 e. The van der Waals surface area contributed by atoms with Crippen LogP contribution in [0.5, 0.6) is 0 Å². The maximum Gasteiger partial charge on any atom is 0.326 e. The number of carboxylic acids is 1. The van der Waals surface area contributed by atoms with Gasteiger partial charge in [0.2, 0.25) is 0 Å². The van der Waals surface area contributed by atoms with Crippen molar-refractivity contribution in [3.63, 3.8) is 0 Å². The second kappa shape index (κ2) is 5.80. The van der Waals surface area contributed by atoms with E-state index in [1.165, 1.54) is 23.1 Å². The van der Waals surface area contributed by atoms with Crippen LogP contribution in [0.2, 0.25) is 5.02 Å². The van der Waals surface area contributed by atoms with Crippen molar-refractivity contribution in [2.24, 2.45) is 0 Å². The lowest BCUT2D eigenvalue weighted by Crippen LogP contribution is -2.42. The van der Waals surface area contributed by atoms with Crippen molar-refractivity contribution < 1.29 is 14.7 Å². The van der Waals surface area contributed by atoms with Crippen molar-refractivity contribution in [3.8, 4) is 6.07 Å². The molecule has 20 heavy (non-hydrogen) atoms. The number of nitrogens with zero attached hydrogens (tertiary/aromatic N) is 2. The van der Waals surface area contributed by atoms with Gasteiger partial charge in [-0.15, -0.1) is 0 Å². The van der Waals surface area contributed by atoms with Gasteiger partial charge in [-0.05, 0) is 31.0 Å². The topological polar surface area (TPSA) is 93.4 Å². The van der Waals surface area contributed by atoms with E-state index in [9.17, 15) is 9.59 Å². The molecule has 0 aromatic heterocycles. The zero-order valence-electron chi connectivity index (χ0n) is 10.5. The molecule has 0 unspecified atom stereocenters. The number of aliphatic carboxylic acids is 1. The summed E-state index contributed by atoms with van der Waals surface area (Å²) in [5.74, 6) is -1.01. The van der Waals surface area contributed by atoms with E-state index in [0.29, 0.717) is 30.6 Å². The summed E-state index contributed by atoms with van der Waals surface area (Å²) in [5, 5.41) is 20.6. The van der Waals surface area contributed by atoms with Crippen molar-refractivity contribution in [3.05, 3.63) is 28.8 Å². The number of hydrogen-bond acceptors (Lipinski definition) is 3. The summed E-state index contributed by atoms with van der Waals surface area (Å²) in [7, 11) is 0. The summed E-state index contributed by atoms with van der Waals surface area (Å²) >= 11 is 5.96. The van der Waals surface area contributed by atoms with E-state index in [2.05, 4.69) is 5.32 Å². The number of anilines is 1. The predicted molar refractivity (Wildman–Crippen MR) is 72.5 cm³/mol. The first kappa shape index (κ1) is 14.2. The van der Waals surface area contributed by atoms with Crippen LogP contribution in [0.4, 0.5) is 10.5 Å². The fourth-order valence-electron chi connectivity index (χ4n) is 2.14. The first-order valence-electron chi connectivity index (χ1n) is 6.03. The largest absolute Gasteiger partial charge is 0.480 e. The number of nitrogens with one attached hydrogen (secondary N) is 1. The van der Waals surface area contributed by atoms with Gasteiger partial charge < -0.3 is 15.3 Å². The third-order valence-corrected chi connectivity index (χ3v) is 3.45. The molecule has 0 saturated carbocycles. The minimum Gasteiger partial charge on any atom is -0.480 e. The lowest BCUT2D eigenvalue weighted by molar-refractivity contribution is -0.141. The highest BCUT2D eigenvalue weighted by atomic mass is 35.5. The number of hydrogen-bond donors (Lipinski definition) is 2. The Morgan fingerprint density at radius 2 is 2.25 bits per heavy atom. The molecular weight excluding hydrogens is 282 g/mol. The molecule has 1 aliphatic heterocycles. The summed E-state index contributed by atoms with van der Waals surface area (Å²) in [6.07, 6.45) is 1.11. The fraction of sp³-hybridized carbons (Fsp3) is 0.308. The van der Waals surface area contributed by atoms with Crippen molar-refractivity contribution in [2.75, 3.05) is 11.9 Å². The Hall–Kier alpha value is -2.26. The van der Waals surface area contributed by atoms with Gasteiger partial charge in [-0.3, -0.25) is 0 Å². The Morgan fingerprint density at radius 3 is 2.85 bits per heavy atom. The molecule has 1 aromatic rings. The molecule has 7 heteroatoms. The van der Waals surface area contributed by atoms with Gasteiger partial charge in [0.1, 0.15) is 6.04 Å². The van der Waals surface area contributed by atoms with Crippen LogP contribution in [0.3, 0.4) is 0 Å². The van der Waals surface area contributed by atoms with Gasteiger partial charge in [-0.25, -0.2) is 9.59 Å². The van der Waals surface area contributed by atoms with Gasteiger partial charge in [0.15, 0.2) is 0 Å². The molecule has 2 rings (SSSR count). The fourth-order valence-corrected chi connectivity index (χ4v) is 2.37. The molecule has 0 bridgehead atoms. The Bertz CT molecular complexity index is 597. The number of carbonyl (C=O) groups excluding carboxylic acids is 1. The number of amides is 2. The number of rotatable bonds is 2. The minimum absolute atomic E-state index is 0.239. The first-order valence-corrected chi connectivity index (χ1v) is 6.41. The number of likely N-dealkylation sites (tertiary alicyclic amines) is 1. The Kier molecular flexibility index (Phi) is 4.11. The second-order valence-electron chi connectivity index (χ2n) is 4.43. The molecule has 0 radical (unpaired) electrons. The van der Waals surface area contributed by atoms with Crippen molar-refractivity contribution in [2.45, 2.75) is 18.9 Å². The molecule has 6 nitrogen and oxygen atoms in total. The van der Waals surface area contributed by atoms with E-state index < -0.39 is 18.0 Å². The normalized spacial score (nSPS) is 17.6. The predicted octanol–water partition coefficient (Wildman–Crippen LogP) is 2.29. The van der Waals surface area contributed by atoms with Crippen LogP contribution in [-0.2, 0) is 4.79 Å². The molecule has 1 aliphatic rings. The van der Waals surface area contributed by atoms with Crippen LogP contribution in [0.25, 0.3) is 0 Å². The Morgan fingerprint density at radius 1 is 1.50 bits per heavy atom. The summed E-state index contributed by atoms with van der Waals surface area (Å²) in [6.45, 7) is 0.400. The highest BCUT2D eigenvalue weighted by Crippen LogP contribution is 2.25. The molecule has 0 spiro atoms. The number of halogens is 1. The standard InChI is InChI=1S/C13H12ClN3O3/c14-9-6-8(7-15)3-4-10(9)16-13(20)17-5-1-2-11(17)12(18)19/h3-4,6,11H,1-2,5H2,(H,16,20)(H,18,19)/t11-/m1/s1. The molecule has 2 N–H and O–H groups in total. The lowest BCUT2D eigenvalue weighted by Gasteiger charge is -2.22. The molecule has 2 amide bonds. The van der Waals surface area contributed by atoms with Gasteiger partial charge in [-0.1, -0.05) is 11.6 Å². The third-order valence-electron chi connectivity index (χ3n) is 3.14. The van der Waals surface area contributed by atoms with Crippen molar-refractivity contribution in [1.82, 2.24) is 4.90 Å². The summed E-state index contributed by atoms with van der Waals surface area (Å²) in [5.41, 5.74) is 0.740. The number of urea groups is 1. The lowest BCUT2D eigenvalue weighted by atomic mass is 10.2. The summed E-state index contributed by atoms with van der Waals surface area (Å²) in [6, 6.07) is 5.13. The molecule has 104 valence electrons. The first-order chi connectivity index (χ1) is 9.52. The molecular formula is C13H12ClN3O3. The highest BCUT2D eigenvalue weighted by molar-refractivity contribution is 6.33. The van der Waals surface area contributed by atoms with Crippen LogP contribution in [0, 0.1) is 11.3 Å². The van der Waals surface area contributed by atoms with E-state index in [1.54, 1.807) is 0 Å². The second-order valence-corrected chi connectivity index (χ2v) is 4.83. The summed E-state index contributed by atoms with van der Waals surface area (Å²) in [4.78, 5) is 24.4. The van der Waals surface area contributed by atoms with Gasteiger partial charge in [0, 0.05) is 6.54 Å². The Balaban J connectivity index is 2.12. The number of nitriles is 1. The highest BCUT2D eigenvalue weighted by Gasteiger charge is 2.34. The molecule has 1 atom stereocenters. The monoisotopic (exact) mass is 293 g/mol. The van der Waals surface area contributed by atoms with Gasteiger partial charge in [-0.2, -0.15) is 5.26 Å². The van der Waals surface area contributed by atoms with E-state index in [1.807, 2.05) is 6.07 Å². The van der Waals surface area contributed by atoms with Crippen LogP contribution in [-0.4, -0.2) is 34.6 Å². The summed E-state index contributed by atoms with van der Waals surface area (Å²) < 4.78 is 0. The molecule has 1 fully saturated rings. The van der Waals surface area contributed by atoms with Crippen LogP contribution in [0.15, 0.2) is 18.2 Å². The maximum atomic E-state index is 12.1. The van der Waals surface area contributed by atoms with Crippen molar-refractivity contribution in [1.29, 1.82) is 5.26 Å². The zero-order chi connectivity index (χ0) is 14.7. The van der Waals surface area contributed by atoms with Gasteiger partial charge >= 0.3 is 12.0 Å². The third kappa shape index (κ3) is 2.83. The van der Waals surface area contributed by atoms with Crippen LogP contribution >= 0.6 is 11.6 Å². The van der Waals surface area contributed by atoms with E-state index in [-0.39, 0.29) is 5.02 Å². The van der Waals surface area contributed by atoms with Gasteiger partial charge in [0.25, 0.3) is 0 Å². The SMILES string of the molecule is N#Cc1ccc(NC(=O)N2CCC[C@@H]2C(=O)O)c(Cl)c1. The average Bonchev–Trinajstić information content (AvgIpc) is 2.90.